The van der Waals surface area contributed by atoms with Gasteiger partial charge in [0.15, 0.2) is 17.5 Å². The Morgan fingerprint density at radius 1 is 0.407 bits per heavy atom. The fraction of sp³-hybridized carbons (Fsp3) is 0.0556. The largest absolute Gasteiger partial charge is 0.456 e. The lowest BCUT2D eigenvalue weighted by atomic mass is 9.82. The highest BCUT2D eigenvalue weighted by atomic mass is 16.3. The Balaban J connectivity index is 1.08. The van der Waals surface area contributed by atoms with E-state index in [1.807, 2.05) is 60.7 Å². The summed E-state index contributed by atoms with van der Waals surface area (Å²) < 4.78 is 6.73. The molecule has 0 bridgehead atoms. The number of furan rings is 1. The van der Waals surface area contributed by atoms with Gasteiger partial charge in [0.1, 0.15) is 11.2 Å². The van der Waals surface area contributed by atoms with Crippen molar-refractivity contribution in [2.45, 2.75) is 19.3 Å². The van der Waals surface area contributed by atoms with Crippen LogP contribution in [0.5, 0.6) is 0 Å². The normalized spacial score (nSPS) is 12.7. The van der Waals surface area contributed by atoms with E-state index in [2.05, 4.69) is 152 Å². The molecule has 280 valence electrons. The van der Waals surface area contributed by atoms with Crippen LogP contribution in [-0.2, 0) is 5.41 Å². The molecular formula is C54H38N4O. The molecule has 0 unspecified atom stereocenters. The van der Waals surface area contributed by atoms with Gasteiger partial charge in [0.25, 0.3) is 0 Å². The van der Waals surface area contributed by atoms with Crippen LogP contribution in [0.15, 0.2) is 199 Å². The van der Waals surface area contributed by atoms with Gasteiger partial charge < -0.3 is 9.32 Å². The number of rotatable bonds is 7. The van der Waals surface area contributed by atoms with E-state index in [1.165, 1.54) is 33.4 Å². The number of anilines is 3. The van der Waals surface area contributed by atoms with Gasteiger partial charge in [-0.25, -0.2) is 15.0 Å². The maximum atomic E-state index is 6.73. The van der Waals surface area contributed by atoms with Crippen LogP contribution >= 0.6 is 0 Å². The maximum absolute atomic E-state index is 6.73. The van der Waals surface area contributed by atoms with E-state index in [1.54, 1.807) is 0 Å². The van der Waals surface area contributed by atoms with Gasteiger partial charge in [-0.15, -0.1) is 0 Å². The zero-order valence-electron chi connectivity index (χ0n) is 32.7. The van der Waals surface area contributed by atoms with Gasteiger partial charge in [-0.3, -0.25) is 0 Å². The lowest BCUT2D eigenvalue weighted by Crippen LogP contribution is -2.15. The van der Waals surface area contributed by atoms with Crippen molar-refractivity contribution in [3.05, 3.63) is 205 Å². The van der Waals surface area contributed by atoms with E-state index < -0.39 is 0 Å². The van der Waals surface area contributed by atoms with Gasteiger partial charge >= 0.3 is 0 Å². The average Bonchev–Trinajstić information content (AvgIpc) is 3.79. The first-order chi connectivity index (χ1) is 29.0. The summed E-state index contributed by atoms with van der Waals surface area (Å²) >= 11 is 0. The van der Waals surface area contributed by atoms with Gasteiger partial charge in [-0.1, -0.05) is 159 Å². The molecule has 2 heterocycles. The molecular weight excluding hydrogens is 721 g/mol. The second kappa shape index (κ2) is 13.8. The Morgan fingerprint density at radius 2 is 0.949 bits per heavy atom. The molecule has 0 amide bonds. The highest BCUT2D eigenvalue weighted by molar-refractivity contribution is 6.14. The van der Waals surface area contributed by atoms with Crippen molar-refractivity contribution in [2.24, 2.45) is 0 Å². The van der Waals surface area contributed by atoms with Crippen molar-refractivity contribution in [3.8, 4) is 56.4 Å². The van der Waals surface area contributed by atoms with Crippen molar-refractivity contribution in [2.75, 3.05) is 4.90 Å². The number of fused-ring (bicyclic) bond motifs is 6. The van der Waals surface area contributed by atoms with Crippen molar-refractivity contribution >= 4 is 39.0 Å². The van der Waals surface area contributed by atoms with E-state index in [0.29, 0.717) is 17.5 Å². The number of nitrogens with zero attached hydrogens (tertiary/aromatic N) is 4. The summed E-state index contributed by atoms with van der Waals surface area (Å²) in [7, 11) is 0. The molecule has 0 aliphatic heterocycles. The number of benzene rings is 8. The smallest absolute Gasteiger partial charge is 0.164 e. The molecule has 2 aromatic heterocycles. The molecule has 0 radical (unpaired) electrons. The van der Waals surface area contributed by atoms with E-state index in [0.717, 1.165) is 55.7 Å². The molecule has 1 aliphatic carbocycles. The van der Waals surface area contributed by atoms with Crippen LogP contribution in [0.3, 0.4) is 0 Å². The fourth-order valence-electron chi connectivity index (χ4n) is 8.78. The molecule has 0 fully saturated rings. The first kappa shape index (κ1) is 34.6. The minimum atomic E-state index is -0.0899. The van der Waals surface area contributed by atoms with Crippen LogP contribution in [0.25, 0.3) is 78.4 Å². The molecule has 10 aromatic rings. The first-order valence-electron chi connectivity index (χ1n) is 20.0. The Bertz CT molecular complexity index is 3120. The van der Waals surface area contributed by atoms with Gasteiger partial charge in [0, 0.05) is 38.9 Å². The lowest BCUT2D eigenvalue weighted by Gasteiger charge is -2.28. The lowest BCUT2D eigenvalue weighted by molar-refractivity contribution is 0.660. The summed E-state index contributed by atoms with van der Waals surface area (Å²) in [5.41, 5.74) is 15.0. The summed E-state index contributed by atoms with van der Waals surface area (Å²) in [4.78, 5) is 17.3. The maximum Gasteiger partial charge on any atom is 0.164 e. The minimum absolute atomic E-state index is 0.0899. The van der Waals surface area contributed by atoms with Crippen molar-refractivity contribution in [1.82, 2.24) is 15.0 Å². The quantitative estimate of drug-likeness (QED) is 0.162. The summed E-state index contributed by atoms with van der Waals surface area (Å²) in [6, 6.07) is 67.9. The third-order valence-electron chi connectivity index (χ3n) is 11.7. The van der Waals surface area contributed by atoms with E-state index >= 15 is 0 Å². The van der Waals surface area contributed by atoms with Crippen LogP contribution in [0, 0.1) is 0 Å². The topological polar surface area (TPSA) is 55.1 Å². The van der Waals surface area contributed by atoms with Crippen LogP contribution in [-0.4, -0.2) is 15.0 Å². The monoisotopic (exact) mass is 758 g/mol. The van der Waals surface area contributed by atoms with Crippen molar-refractivity contribution in [3.63, 3.8) is 0 Å². The molecule has 59 heavy (non-hydrogen) atoms. The van der Waals surface area contributed by atoms with Crippen LogP contribution < -0.4 is 4.90 Å². The van der Waals surface area contributed by atoms with E-state index in [-0.39, 0.29) is 5.41 Å². The molecule has 0 saturated carbocycles. The molecule has 5 nitrogen and oxygen atoms in total. The minimum Gasteiger partial charge on any atom is -0.456 e. The number of aromatic nitrogens is 3. The summed E-state index contributed by atoms with van der Waals surface area (Å²) in [6.07, 6.45) is 0. The van der Waals surface area contributed by atoms with Crippen molar-refractivity contribution < 1.29 is 4.42 Å². The summed E-state index contributed by atoms with van der Waals surface area (Å²) in [5.74, 6) is 1.83. The van der Waals surface area contributed by atoms with Crippen molar-refractivity contribution in [1.29, 1.82) is 0 Å². The highest BCUT2D eigenvalue weighted by Crippen LogP contribution is 2.51. The Hall–Kier alpha value is -7.63. The predicted octanol–water partition coefficient (Wildman–Crippen LogP) is 14.2. The highest BCUT2D eigenvalue weighted by Gasteiger charge is 2.35. The number of hydrogen-bond acceptors (Lipinski definition) is 5. The van der Waals surface area contributed by atoms with Crippen LogP contribution in [0.4, 0.5) is 17.1 Å². The molecule has 0 spiro atoms. The molecule has 11 rings (SSSR count). The first-order valence-corrected chi connectivity index (χ1v) is 20.0. The SMILES string of the molecule is CC1(C)c2ccccc2-c2cc(N(c3ccc(-c4ccccc4)cc3)c3cccc4oc5cc(-c6nc(-c7ccccc7)nc(-c7ccccc7)n6)ccc5c34)ccc21. The van der Waals surface area contributed by atoms with Crippen LogP contribution in [0.1, 0.15) is 25.0 Å². The third kappa shape index (κ3) is 5.90. The molecule has 0 atom stereocenters. The average molecular weight is 759 g/mol. The molecule has 1 aliphatic rings. The van der Waals surface area contributed by atoms with Gasteiger partial charge in [-0.05, 0) is 81.9 Å². The summed E-state index contributed by atoms with van der Waals surface area (Å²) in [6.45, 7) is 4.65. The van der Waals surface area contributed by atoms with Gasteiger partial charge in [-0.2, -0.15) is 0 Å². The molecule has 0 saturated heterocycles. The Kier molecular flexibility index (Phi) is 8.09. The second-order valence-electron chi connectivity index (χ2n) is 15.7. The molecule has 8 aromatic carbocycles. The van der Waals surface area contributed by atoms with E-state index in [9.17, 15) is 0 Å². The second-order valence-corrected chi connectivity index (χ2v) is 15.7. The predicted molar refractivity (Wildman–Crippen MR) is 241 cm³/mol. The van der Waals surface area contributed by atoms with Crippen LogP contribution in [0.2, 0.25) is 0 Å². The Morgan fingerprint density at radius 3 is 1.63 bits per heavy atom. The van der Waals surface area contributed by atoms with E-state index in [4.69, 9.17) is 19.4 Å². The fourth-order valence-corrected chi connectivity index (χ4v) is 8.78. The zero-order chi connectivity index (χ0) is 39.5. The molecule has 0 N–H and O–H groups in total. The van der Waals surface area contributed by atoms with Gasteiger partial charge in [0.05, 0.1) is 11.1 Å². The van der Waals surface area contributed by atoms with Gasteiger partial charge in [0.2, 0.25) is 0 Å². The zero-order valence-corrected chi connectivity index (χ0v) is 32.7. The molecule has 5 heteroatoms. The standard InChI is InChI=1S/C54H38N4O/c1-54(2)45-22-13-12-21-42(45)44-34-41(30-32-46(44)54)58(40-28-25-36(26-29-40)35-15-6-3-7-16-35)47-23-14-24-48-50(47)43-31-27-39(33-49(43)59-48)53-56-51(37-17-8-4-9-18-37)55-52(57-53)38-19-10-5-11-20-38/h3-34H,1-2H3. The number of hydrogen-bond donors (Lipinski definition) is 0. The Labute approximate surface area is 342 Å². The third-order valence-corrected chi connectivity index (χ3v) is 11.7. The summed E-state index contributed by atoms with van der Waals surface area (Å²) in [5, 5.41) is 2.05.